The van der Waals surface area contributed by atoms with Gasteiger partial charge >= 0.3 is 5.97 Å². The van der Waals surface area contributed by atoms with Crippen LogP contribution in [0.5, 0.6) is 0 Å². The van der Waals surface area contributed by atoms with Crippen LogP contribution in [0.2, 0.25) is 0 Å². The molecule has 1 aliphatic rings. The van der Waals surface area contributed by atoms with Crippen molar-refractivity contribution in [2.75, 3.05) is 11.9 Å². The highest BCUT2D eigenvalue weighted by atomic mass is 32.1. The van der Waals surface area contributed by atoms with E-state index >= 15 is 0 Å². The summed E-state index contributed by atoms with van der Waals surface area (Å²) in [4.78, 5) is 27.4. The summed E-state index contributed by atoms with van der Waals surface area (Å²) >= 11 is 1.53. The Morgan fingerprint density at radius 2 is 1.97 bits per heavy atom. The van der Waals surface area contributed by atoms with Crippen LogP contribution in [-0.2, 0) is 22.4 Å². The number of hydrogen-bond acceptors (Lipinski definition) is 5. The molecule has 1 amide bonds. The standard InChI is InChI=1S/C25H34N2O3S/c1-5-10-17(4)26-22(18-11-8-7-9-12-18)23(28)27-24-21(25(29)30-6-2)19-14-13-16(3)15-20(19)31-24/h7-9,11-12,16-17,22,26H,5-6,10,13-15H2,1-4H3,(H,27,28). The van der Waals surface area contributed by atoms with Gasteiger partial charge in [-0.15, -0.1) is 11.3 Å². The molecule has 0 aliphatic heterocycles. The van der Waals surface area contributed by atoms with Gasteiger partial charge in [0.1, 0.15) is 11.0 Å². The van der Waals surface area contributed by atoms with E-state index in [4.69, 9.17) is 4.74 Å². The molecule has 3 unspecified atom stereocenters. The zero-order valence-electron chi connectivity index (χ0n) is 19.0. The first-order chi connectivity index (χ1) is 14.9. The van der Waals surface area contributed by atoms with Gasteiger partial charge in [0.05, 0.1) is 12.2 Å². The molecule has 0 bridgehead atoms. The average Bonchev–Trinajstić information content (AvgIpc) is 3.09. The third-order valence-corrected chi connectivity index (χ3v) is 6.97. The molecule has 0 spiro atoms. The maximum absolute atomic E-state index is 13.4. The van der Waals surface area contributed by atoms with E-state index < -0.39 is 6.04 Å². The highest BCUT2D eigenvalue weighted by Crippen LogP contribution is 2.40. The van der Waals surface area contributed by atoms with Crippen LogP contribution < -0.4 is 10.6 Å². The van der Waals surface area contributed by atoms with Gasteiger partial charge in [-0.1, -0.05) is 50.6 Å². The van der Waals surface area contributed by atoms with Gasteiger partial charge in [-0.2, -0.15) is 0 Å². The number of amides is 1. The van der Waals surface area contributed by atoms with Gasteiger partial charge < -0.3 is 10.1 Å². The van der Waals surface area contributed by atoms with Gasteiger partial charge in [0, 0.05) is 10.9 Å². The van der Waals surface area contributed by atoms with Crippen molar-refractivity contribution in [2.24, 2.45) is 5.92 Å². The number of anilines is 1. The monoisotopic (exact) mass is 442 g/mol. The van der Waals surface area contributed by atoms with Crippen molar-refractivity contribution in [2.45, 2.75) is 71.9 Å². The van der Waals surface area contributed by atoms with E-state index in [1.807, 2.05) is 37.3 Å². The summed E-state index contributed by atoms with van der Waals surface area (Å²) < 4.78 is 5.34. The second-order valence-corrected chi connectivity index (χ2v) is 9.57. The van der Waals surface area contributed by atoms with Crippen molar-refractivity contribution in [3.05, 3.63) is 51.9 Å². The summed E-state index contributed by atoms with van der Waals surface area (Å²) in [6, 6.07) is 9.46. The molecule has 1 aromatic carbocycles. The summed E-state index contributed by atoms with van der Waals surface area (Å²) in [5.74, 6) is 0.0955. The molecule has 5 nitrogen and oxygen atoms in total. The molecule has 1 aliphatic carbocycles. The van der Waals surface area contributed by atoms with Crippen molar-refractivity contribution >= 4 is 28.2 Å². The van der Waals surface area contributed by atoms with E-state index in [2.05, 4.69) is 31.4 Å². The van der Waals surface area contributed by atoms with Gasteiger partial charge in [-0.25, -0.2) is 4.79 Å². The third kappa shape index (κ3) is 5.74. The number of carbonyl (C=O) groups is 2. The molecule has 0 saturated carbocycles. The summed E-state index contributed by atoms with van der Waals surface area (Å²) in [5.41, 5.74) is 2.52. The molecular formula is C25H34N2O3S. The first-order valence-corrected chi connectivity index (χ1v) is 12.2. The fraction of sp³-hybridized carbons (Fsp3) is 0.520. The second-order valence-electron chi connectivity index (χ2n) is 8.47. The Balaban J connectivity index is 1.91. The number of hydrogen-bond donors (Lipinski definition) is 2. The molecule has 0 saturated heterocycles. The molecule has 1 aromatic heterocycles. The third-order valence-electron chi connectivity index (χ3n) is 5.80. The lowest BCUT2D eigenvalue weighted by Gasteiger charge is -2.23. The summed E-state index contributed by atoms with van der Waals surface area (Å²) in [5, 5.41) is 7.18. The van der Waals surface area contributed by atoms with Gasteiger partial charge in [0.15, 0.2) is 0 Å². The van der Waals surface area contributed by atoms with Crippen LogP contribution in [0.25, 0.3) is 0 Å². The highest BCUT2D eigenvalue weighted by Gasteiger charge is 2.31. The molecule has 1 heterocycles. The minimum atomic E-state index is -0.490. The predicted molar refractivity (Wildman–Crippen MR) is 127 cm³/mol. The Kier molecular flexibility index (Phi) is 8.27. The van der Waals surface area contributed by atoms with Crippen molar-refractivity contribution in [3.63, 3.8) is 0 Å². The van der Waals surface area contributed by atoms with Gasteiger partial charge in [-0.3, -0.25) is 10.1 Å². The van der Waals surface area contributed by atoms with Gasteiger partial charge in [0.25, 0.3) is 0 Å². The van der Waals surface area contributed by atoms with E-state index in [-0.39, 0.29) is 17.9 Å². The zero-order valence-corrected chi connectivity index (χ0v) is 19.8. The second kappa shape index (κ2) is 10.9. The Morgan fingerprint density at radius 1 is 1.23 bits per heavy atom. The topological polar surface area (TPSA) is 67.4 Å². The normalized spacial score (nSPS) is 17.5. The molecule has 2 N–H and O–H groups in total. The van der Waals surface area contributed by atoms with Crippen LogP contribution in [0.4, 0.5) is 5.00 Å². The Labute approximate surface area is 189 Å². The fourth-order valence-electron chi connectivity index (χ4n) is 4.21. The van der Waals surface area contributed by atoms with Crippen LogP contribution in [-0.4, -0.2) is 24.5 Å². The number of rotatable bonds is 9. The van der Waals surface area contributed by atoms with E-state index in [1.54, 1.807) is 0 Å². The van der Waals surface area contributed by atoms with E-state index in [0.717, 1.165) is 43.2 Å². The fourth-order valence-corrected chi connectivity index (χ4v) is 5.61. The minimum absolute atomic E-state index is 0.147. The molecule has 31 heavy (non-hydrogen) atoms. The molecule has 2 aromatic rings. The summed E-state index contributed by atoms with van der Waals surface area (Å²) in [6.07, 6.45) is 4.86. The molecule has 0 fully saturated rings. The number of esters is 1. The minimum Gasteiger partial charge on any atom is -0.462 e. The summed E-state index contributed by atoms with van der Waals surface area (Å²) in [6.45, 7) is 8.59. The number of nitrogens with one attached hydrogen (secondary N) is 2. The SMILES string of the molecule is CCCC(C)NC(C(=O)Nc1sc2c(c1C(=O)OCC)CCC(C)C2)c1ccccc1. The lowest BCUT2D eigenvalue weighted by atomic mass is 9.88. The number of fused-ring (bicyclic) bond motifs is 1. The van der Waals surface area contributed by atoms with E-state index in [9.17, 15) is 9.59 Å². The Bertz CT molecular complexity index is 894. The lowest BCUT2D eigenvalue weighted by molar-refractivity contribution is -0.118. The zero-order chi connectivity index (χ0) is 22.4. The predicted octanol–water partition coefficient (Wildman–Crippen LogP) is 5.51. The first kappa shape index (κ1) is 23.5. The van der Waals surface area contributed by atoms with Crippen LogP contribution in [0.15, 0.2) is 30.3 Å². The smallest absolute Gasteiger partial charge is 0.341 e. The van der Waals surface area contributed by atoms with Crippen molar-refractivity contribution in [1.29, 1.82) is 0 Å². The van der Waals surface area contributed by atoms with Crippen molar-refractivity contribution < 1.29 is 14.3 Å². The number of carbonyl (C=O) groups excluding carboxylic acids is 2. The Hall–Kier alpha value is -2.18. The van der Waals surface area contributed by atoms with Crippen LogP contribution in [0.1, 0.15) is 79.4 Å². The molecule has 168 valence electrons. The molecule has 3 rings (SSSR count). The van der Waals surface area contributed by atoms with Crippen molar-refractivity contribution in [1.82, 2.24) is 5.32 Å². The van der Waals surface area contributed by atoms with Crippen LogP contribution in [0, 0.1) is 5.92 Å². The largest absolute Gasteiger partial charge is 0.462 e. The lowest BCUT2D eigenvalue weighted by Crippen LogP contribution is -2.38. The van der Waals surface area contributed by atoms with E-state index in [0.29, 0.717) is 23.1 Å². The molecule has 6 heteroatoms. The molecular weight excluding hydrogens is 408 g/mol. The van der Waals surface area contributed by atoms with Gasteiger partial charge in [0.2, 0.25) is 5.91 Å². The summed E-state index contributed by atoms with van der Waals surface area (Å²) in [7, 11) is 0. The molecule has 0 radical (unpaired) electrons. The first-order valence-electron chi connectivity index (χ1n) is 11.4. The van der Waals surface area contributed by atoms with Crippen LogP contribution in [0.3, 0.4) is 0 Å². The molecule has 3 atom stereocenters. The number of benzene rings is 1. The maximum Gasteiger partial charge on any atom is 0.341 e. The Morgan fingerprint density at radius 3 is 2.65 bits per heavy atom. The van der Waals surface area contributed by atoms with Gasteiger partial charge in [-0.05, 0) is 56.6 Å². The van der Waals surface area contributed by atoms with Crippen LogP contribution >= 0.6 is 11.3 Å². The maximum atomic E-state index is 13.4. The van der Waals surface area contributed by atoms with Crippen molar-refractivity contribution in [3.8, 4) is 0 Å². The number of ether oxygens (including phenoxy) is 1. The number of thiophene rings is 1. The average molecular weight is 443 g/mol. The highest BCUT2D eigenvalue weighted by molar-refractivity contribution is 7.17. The quantitative estimate of drug-likeness (QED) is 0.503. The van der Waals surface area contributed by atoms with E-state index in [1.165, 1.54) is 16.2 Å².